The second kappa shape index (κ2) is 5.49. The molecule has 1 N–H and O–H groups in total. The number of H-pyrrole nitrogens is 1. The van der Waals surface area contributed by atoms with Gasteiger partial charge < -0.3 is 9.72 Å². The number of imidazole rings is 1. The molecule has 0 saturated carbocycles. The Morgan fingerprint density at radius 1 is 1.25 bits per heavy atom. The maximum absolute atomic E-state index is 12.1. The van der Waals surface area contributed by atoms with Crippen LogP contribution in [0, 0.1) is 6.92 Å². The van der Waals surface area contributed by atoms with Gasteiger partial charge in [-0.1, -0.05) is 51.1 Å². The molecule has 2 aromatic rings. The molecule has 0 aliphatic rings. The van der Waals surface area contributed by atoms with Crippen LogP contribution in [0.3, 0.4) is 0 Å². The van der Waals surface area contributed by atoms with Crippen LogP contribution in [0.1, 0.15) is 48.3 Å². The molecule has 1 aromatic carbocycles. The molecule has 20 heavy (non-hydrogen) atoms. The number of hydrogen-bond donors (Lipinski definition) is 1. The minimum Gasteiger partial charge on any atom is -0.456 e. The van der Waals surface area contributed by atoms with Crippen molar-refractivity contribution in [2.45, 2.75) is 39.7 Å². The van der Waals surface area contributed by atoms with Gasteiger partial charge in [-0.25, -0.2) is 9.78 Å². The van der Waals surface area contributed by atoms with Crippen LogP contribution in [0.15, 0.2) is 30.3 Å². The van der Waals surface area contributed by atoms with Crippen molar-refractivity contribution in [3.05, 3.63) is 53.1 Å². The van der Waals surface area contributed by atoms with Crippen molar-refractivity contribution >= 4 is 5.97 Å². The lowest BCUT2D eigenvalue weighted by molar-refractivity contribution is 0.0465. The third-order valence-electron chi connectivity index (χ3n) is 3.00. The van der Waals surface area contributed by atoms with E-state index in [0.717, 1.165) is 17.1 Å². The first kappa shape index (κ1) is 14.3. The van der Waals surface area contributed by atoms with Gasteiger partial charge in [0.25, 0.3) is 0 Å². The third kappa shape index (κ3) is 3.26. The van der Waals surface area contributed by atoms with Crippen LogP contribution in [0.2, 0.25) is 0 Å². The first-order valence-corrected chi connectivity index (χ1v) is 6.66. The molecule has 0 amide bonds. The molecule has 0 aliphatic carbocycles. The van der Waals surface area contributed by atoms with E-state index in [2.05, 4.69) is 9.97 Å². The number of ether oxygens (including phenoxy) is 1. The van der Waals surface area contributed by atoms with Crippen LogP contribution in [-0.4, -0.2) is 15.9 Å². The lowest BCUT2D eigenvalue weighted by Gasteiger charge is -2.13. The Kier molecular flexibility index (Phi) is 3.93. The maximum atomic E-state index is 12.1. The topological polar surface area (TPSA) is 55.0 Å². The molecule has 2 rings (SSSR count). The van der Waals surface area contributed by atoms with Crippen LogP contribution >= 0.6 is 0 Å². The van der Waals surface area contributed by atoms with Crippen molar-refractivity contribution in [3.63, 3.8) is 0 Å². The molecular weight excluding hydrogens is 252 g/mol. The van der Waals surface area contributed by atoms with E-state index in [1.165, 1.54) is 0 Å². The minimum absolute atomic E-state index is 0.122. The lowest BCUT2D eigenvalue weighted by Crippen LogP contribution is -2.14. The normalized spacial score (nSPS) is 11.4. The van der Waals surface area contributed by atoms with Gasteiger partial charge in [-0.05, 0) is 12.5 Å². The van der Waals surface area contributed by atoms with Gasteiger partial charge in [0.1, 0.15) is 12.4 Å². The fraction of sp³-hybridized carbons (Fsp3) is 0.375. The molecule has 0 saturated heterocycles. The van der Waals surface area contributed by atoms with Gasteiger partial charge in [-0.2, -0.15) is 0 Å². The molecule has 0 bridgehead atoms. The molecule has 4 heteroatoms. The number of rotatable bonds is 3. The highest BCUT2D eigenvalue weighted by molar-refractivity contribution is 5.88. The highest BCUT2D eigenvalue weighted by Crippen LogP contribution is 2.21. The fourth-order valence-electron chi connectivity index (χ4n) is 1.81. The van der Waals surface area contributed by atoms with Gasteiger partial charge in [-0.3, -0.25) is 0 Å². The summed E-state index contributed by atoms with van der Waals surface area (Å²) < 4.78 is 5.30. The highest BCUT2D eigenvalue weighted by Gasteiger charge is 2.23. The molecule has 4 nitrogen and oxygen atoms in total. The molecule has 0 spiro atoms. The SMILES string of the molecule is Cc1[nH]c(C(C)(C)C)nc1C(=O)OCc1ccccc1. The molecule has 0 atom stereocenters. The Bertz CT molecular complexity index is 595. The Morgan fingerprint density at radius 3 is 2.45 bits per heavy atom. The van der Waals surface area contributed by atoms with Crippen LogP contribution in [-0.2, 0) is 16.8 Å². The summed E-state index contributed by atoms with van der Waals surface area (Å²) in [7, 11) is 0. The van der Waals surface area contributed by atoms with E-state index in [1.807, 2.05) is 58.0 Å². The largest absolute Gasteiger partial charge is 0.456 e. The van der Waals surface area contributed by atoms with Gasteiger partial charge >= 0.3 is 5.97 Å². The number of aromatic amines is 1. The molecule has 0 fully saturated rings. The van der Waals surface area contributed by atoms with Crippen LogP contribution < -0.4 is 0 Å². The number of aryl methyl sites for hydroxylation is 1. The van der Waals surface area contributed by atoms with E-state index in [9.17, 15) is 4.79 Å². The van der Waals surface area contributed by atoms with Crippen molar-refractivity contribution in [3.8, 4) is 0 Å². The van der Waals surface area contributed by atoms with Crippen LogP contribution in [0.5, 0.6) is 0 Å². The predicted molar refractivity (Wildman–Crippen MR) is 77.6 cm³/mol. The van der Waals surface area contributed by atoms with Gasteiger partial charge in [0.2, 0.25) is 0 Å². The molecule has 0 radical (unpaired) electrons. The predicted octanol–water partition coefficient (Wildman–Crippen LogP) is 3.37. The summed E-state index contributed by atoms with van der Waals surface area (Å²) in [4.78, 5) is 19.6. The van der Waals surface area contributed by atoms with Crippen molar-refractivity contribution < 1.29 is 9.53 Å². The zero-order valence-corrected chi connectivity index (χ0v) is 12.4. The standard InChI is InChI=1S/C16H20N2O2/c1-11-13(18-15(17-11)16(2,3)4)14(19)20-10-12-8-6-5-7-9-12/h5-9H,10H2,1-4H3,(H,17,18). The number of hydrogen-bond acceptors (Lipinski definition) is 3. The number of carbonyl (C=O) groups excluding carboxylic acids is 1. The summed E-state index contributed by atoms with van der Waals surface area (Å²) in [5.41, 5.74) is 1.95. The molecule has 0 aliphatic heterocycles. The number of nitrogens with one attached hydrogen (secondary N) is 1. The zero-order valence-electron chi connectivity index (χ0n) is 12.4. The number of benzene rings is 1. The van der Waals surface area contributed by atoms with Gasteiger partial charge in [0.15, 0.2) is 5.69 Å². The summed E-state index contributed by atoms with van der Waals surface area (Å²) in [6.07, 6.45) is 0. The minimum atomic E-state index is -0.391. The first-order valence-electron chi connectivity index (χ1n) is 6.66. The van der Waals surface area contributed by atoms with E-state index in [-0.39, 0.29) is 12.0 Å². The zero-order chi connectivity index (χ0) is 14.8. The summed E-state index contributed by atoms with van der Waals surface area (Å²) in [5.74, 6) is 0.403. The van der Waals surface area contributed by atoms with Gasteiger partial charge in [0, 0.05) is 11.1 Å². The average molecular weight is 272 g/mol. The second-order valence-electron chi connectivity index (χ2n) is 5.87. The molecule has 1 heterocycles. The summed E-state index contributed by atoms with van der Waals surface area (Å²) in [6.45, 7) is 8.23. The molecule has 106 valence electrons. The summed E-state index contributed by atoms with van der Waals surface area (Å²) in [5, 5.41) is 0. The number of esters is 1. The number of nitrogens with zero attached hydrogens (tertiary/aromatic N) is 1. The second-order valence-corrected chi connectivity index (χ2v) is 5.87. The third-order valence-corrected chi connectivity index (χ3v) is 3.00. The summed E-state index contributed by atoms with van der Waals surface area (Å²) in [6, 6.07) is 9.61. The first-order chi connectivity index (χ1) is 9.38. The average Bonchev–Trinajstić information content (AvgIpc) is 2.79. The molecule has 0 unspecified atom stereocenters. The van der Waals surface area contributed by atoms with Crippen molar-refractivity contribution in [1.82, 2.24) is 9.97 Å². The smallest absolute Gasteiger partial charge is 0.359 e. The molecular formula is C16H20N2O2. The van der Waals surface area contributed by atoms with Gasteiger partial charge in [0.05, 0.1) is 0 Å². The molecule has 1 aromatic heterocycles. The maximum Gasteiger partial charge on any atom is 0.359 e. The van der Waals surface area contributed by atoms with E-state index in [4.69, 9.17) is 4.74 Å². The van der Waals surface area contributed by atoms with E-state index in [1.54, 1.807) is 0 Å². The lowest BCUT2D eigenvalue weighted by atomic mass is 9.96. The monoisotopic (exact) mass is 272 g/mol. The van der Waals surface area contributed by atoms with Crippen LogP contribution in [0.25, 0.3) is 0 Å². The Hall–Kier alpha value is -2.10. The quantitative estimate of drug-likeness (QED) is 0.871. The van der Waals surface area contributed by atoms with E-state index >= 15 is 0 Å². The Balaban J connectivity index is 2.08. The highest BCUT2D eigenvalue weighted by atomic mass is 16.5. The van der Waals surface area contributed by atoms with E-state index in [0.29, 0.717) is 5.69 Å². The van der Waals surface area contributed by atoms with Crippen LogP contribution in [0.4, 0.5) is 0 Å². The van der Waals surface area contributed by atoms with E-state index < -0.39 is 5.97 Å². The Morgan fingerprint density at radius 2 is 1.90 bits per heavy atom. The summed E-state index contributed by atoms with van der Waals surface area (Å²) >= 11 is 0. The Labute approximate surface area is 119 Å². The number of aromatic nitrogens is 2. The van der Waals surface area contributed by atoms with Crippen molar-refractivity contribution in [1.29, 1.82) is 0 Å². The van der Waals surface area contributed by atoms with Gasteiger partial charge in [-0.15, -0.1) is 0 Å². The fourth-order valence-corrected chi connectivity index (χ4v) is 1.81. The van der Waals surface area contributed by atoms with Crippen molar-refractivity contribution in [2.24, 2.45) is 0 Å². The van der Waals surface area contributed by atoms with Crippen molar-refractivity contribution in [2.75, 3.05) is 0 Å². The number of carbonyl (C=O) groups is 1.